The normalized spacial score (nSPS) is 11.5. The van der Waals surface area contributed by atoms with E-state index in [0.717, 1.165) is 4.73 Å². The molecular weight excluding hydrogens is 230 g/mol. The van der Waals surface area contributed by atoms with Crippen LogP contribution in [0.15, 0.2) is 47.9 Å². The Morgan fingerprint density at radius 3 is 2.89 bits per heavy atom. The predicted molar refractivity (Wildman–Crippen MR) is 66.4 cm³/mol. The average molecular weight is 243 g/mol. The quantitative estimate of drug-likeness (QED) is 0.291. The molecule has 0 saturated heterocycles. The van der Waals surface area contributed by atoms with E-state index in [1.807, 2.05) is 0 Å². The van der Waals surface area contributed by atoms with Gasteiger partial charge in [-0.2, -0.15) is 4.73 Å². The van der Waals surface area contributed by atoms with Crippen molar-refractivity contribution >= 4 is 5.71 Å². The summed E-state index contributed by atoms with van der Waals surface area (Å²) in [6, 6.07) is 8.78. The summed E-state index contributed by atoms with van der Waals surface area (Å²) >= 11 is 0. The summed E-state index contributed by atoms with van der Waals surface area (Å²) in [5.41, 5.74) is 2.25. The fraction of sp³-hybridized carbons (Fsp3) is 0.154. The lowest BCUT2D eigenvalue weighted by Gasteiger charge is -2.07. The molecule has 0 spiro atoms. The molecule has 5 heteroatoms. The van der Waals surface area contributed by atoms with Crippen LogP contribution in [0.3, 0.4) is 0 Å². The Bertz CT molecular complexity index is 568. The molecule has 0 bridgehead atoms. The lowest BCUT2D eigenvalue weighted by molar-refractivity contribution is -0.619. The molecule has 2 aromatic heterocycles. The minimum atomic E-state index is 0.257. The highest BCUT2D eigenvalue weighted by Crippen LogP contribution is 2.05. The third-order valence-corrected chi connectivity index (χ3v) is 2.67. The molecular formula is C13H13N3O2. The zero-order valence-electron chi connectivity index (χ0n) is 9.95. The van der Waals surface area contributed by atoms with E-state index in [9.17, 15) is 5.21 Å². The van der Waals surface area contributed by atoms with E-state index in [-0.39, 0.29) is 6.42 Å². The predicted octanol–water partition coefficient (Wildman–Crippen LogP) is 1.44. The van der Waals surface area contributed by atoms with Crippen molar-refractivity contribution in [2.24, 2.45) is 5.16 Å². The molecule has 0 fully saturated rings. The molecule has 0 aliphatic heterocycles. The second kappa shape index (κ2) is 5.27. The van der Waals surface area contributed by atoms with E-state index < -0.39 is 0 Å². The number of oxime groups is 1. The average Bonchev–Trinajstić information content (AvgIpc) is 2.41. The van der Waals surface area contributed by atoms with Gasteiger partial charge in [0, 0.05) is 37.0 Å². The van der Waals surface area contributed by atoms with Gasteiger partial charge in [0.05, 0.1) is 12.1 Å². The maximum Gasteiger partial charge on any atom is 0.199 e. The molecule has 0 aliphatic carbocycles. The van der Waals surface area contributed by atoms with Gasteiger partial charge in [-0.15, -0.1) is 0 Å². The van der Waals surface area contributed by atoms with Gasteiger partial charge in [-0.1, -0.05) is 5.16 Å². The molecule has 0 amide bonds. The molecule has 0 saturated carbocycles. The molecule has 18 heavy (non-hydrogen) atoms. The van der Waals surface area contributed by atoms with Crippen molar-refractivity contribution in [1.29, 1.82) is 0 Å². The number of hydrogen-bond donors (Lipinski definition) is 1. The van der Waals surface area contributed by atoms with Gasteiger partial charge in [-0.05, 0) is 18.2 Å². The Morgan fingerprint density at radius 1 is 1.39 bits per heavy atom. The second-order valence-electron chi connectivity index (χ2n) is 3.92. The molecule has 5 nitrogen and oxygen atoms in total. The summed E-state index contributed by atoms with van der Waals surface area (Å²) in [4.78, 5) is 3.96. The van der Waals surface area contributed by atoms with Crippen molar-refractivity contribution in [1.82, 2.24) is 4.98 Å². The van der Waals surface area contributed by atoms with Gasteiger partial charge in [-0.3, -0.25) is 4.98 Å². The first-order valence-electron chi connectivity index (χ1n) is 5.51. The van der Waals surface area contributed by atoms with Gasteiger partial charge < -0.3 is 10.4 Å². The Balaban J connectivity index is 2.30. The van der Waals surface area contributed by atoms with Gasteiger partial charge in [0.15, 0.2) is 11.4 Å². The fourth-order valence-electron chi connectivity index (χ4n) is 1.69. The van der Waals surface area contributed by atoms with Crippen LogP contribution in [-0.2, 0) is 6.42 Å². The van der Waals surface area contributed by atoms with Crippen LogP contribution in [0.1, 0.15) is 17.0 Å². The second-order valence-corrected chi connectivity index (χ2v) is 3.92. The van der Waals surface area contributed by atoms with E-state index >= 15 is 0 Å². The van der Waals surface area contributed by atoms with Gasteiger partial charge in [-0.25, -0.2) is 0 Å². The zero-order valence-corrected chi connectivity index (χ0v) is 9.95. The molecule has 2 rings (SSSR count). The molecule has 92 valence electrons. The molecule has 0 aliphatic rings. The van der Waals surface area contributed by atoms with Crippen molar-refractivity contribution in [3.63, 3.8) is 0 Å². The SMILES string of the molecule is Cc1cccc(CC(=NO)c2cccnc2)[n+]1[O-]. The first-order chi connectivity index (χ1) is 8.72. The lowest BCUT2D eigenvalue weighted by atomic mass is 10.1. The van der Waals surface area contributed by atoms with Gasteiger partial charge in [0.1, 0.15) is 0 Å². The summed E-state index contributed by atoms with van der Waals surface area (Å²) in [5, 5.41) is 24.1. The lowest BCUT2D eigenvalue weighted by Crippen LogP contribution is -2.36. The monoisotopic (exact) mass is 243 g/mol. The van der Waals surface area contributed by atoms with Crippen LogP contribution in [0.5, 0.6) is 0 Å². The topological polar surface area (TPSA) is 72.4 Å². The first kappa shape index (κ1) is 12.0. The molecule has 0 unspecified atom stereocenters. The number of aromatic nitrogens is 2. The summed E-state index contributed by atoms with van der Waals surface area (Å²) in [7, 11) is 0. The van der Waals surface area contributed by atoms with Crippen LogP contribution in [0, 0.1) is 12.1 Å². The number of pyridine rings is 2. The van der Waals surface area contributed by atoms with E-state index in [1.54, 1.807) is 49.6 Å². The van der Waals surface area contributed by atoms with Crippen molar-refractivity contribution in [3.05, 3.63) is 64.9 Å². The summed E-state index contributed by atoms with van der Waals surface area (Å²) in [6.07, 6.45) is 3.49. The molecule has 0 atom stereocenters. The van der Waals surface area contributed by atoms with E-state index in [4.69, 9.17) is 5.21 Å². The molecule has 0 radical (unpaired) electrons. The Labute approximate surface area is 105 Å². The zero-order chi connectivity index (χ0) is 13.0. The van der Waals surface area contributed by atoms with Crippen molar-refractivity contribution < 1.29 is 9.94 Å². The van der Waals surface area contributed by atoms with E-state index in [0.29, 0.717) is 22.7 Å². The highest BCUT2D eigenvalue weighted by molar-refractivity contribution is 6.00. The summed E-state index contributed by atoms with van der Waals surface area (Å²) < 4.78 is 0.835. The van der Waals surface area contributed by atoms with Crippen LogP contribution < -0.4 is 4.73 Å². The Kier molecular flexibility index (Phi) is 3.52. The maximum absolute atomic E-state index is 11.8. The molecule has 2 heterocycles. The van der Waals surface area contributed by atoms with Gasteiger partial charge in [0.2, 0.25) is 0 Å². The number of nitrogens with zero attached hydrogens (tertiary/aromatic N) is 3. The molecule has 2 aromatic rings. The van der Waals surface area contributed by atoms with Crippen LogP contribution in [0.25, 0.3) is 0 Å². The maximum atomic E-state index is 11.8. The van der Waals surface area contributed by atoms with E-state index in [2.05, 4.69) is 10.1 Å². The minimum Gasteiger partial charge on any atom is -0.618 e. The van der Waals surface area contributed by atoms with E-state index in [1.165, 1.54) is 0 Å². The standard InChI is InChI=1S/C13H13N3O2/c1-10-4-2-6-12(16(10)18)8-13(15-17)11-5-3-7-14-9-11/h2-7,9,17H,8H2,1H3. The smallest absolute Gasteiger partial charge is 0.199 e. The van der Waals surface area contributed by atoms with Crippen LogP contribution in [0.4, 0.5) is 0 Å². The largest absolute Gasteiger partial charge is 0.618 e. The van der Waals surface area contributed by atoms with Crippen LogP contribution in [0.2, 0.25) is 0 Å². The van der Waals surface area contributed by atoms with Gasteiger partial charge >= 0.3 is 0 Å². The third kappa shape index (κ3) is 2.45. The Morgan fingerprint density at radius 2 is 2.22 bits per heavy atom. The first-order valence-corrected chi connectivity index (χ1v) is 5.51. The summed E-state index contributed by atoms with van der Waals surface area (Å²) in [5.74, 6) is 0. The Hall–Kier alpha value is -2.43. The highest BCUT2D eigenvalue weighted by atomic mass is 16.5. The van der Waals surface area contributed by atoms with Crippen molar-refractivity contribution in [3.8, 4) is 0 Å². The van der Waals surface area contributed by atoms with Crippen LogP contribution in [-0.4, -0.2) is 15.9 Å². The minimum absolute atomic E-state index is 0.257. The third-order valence-electron chi connectivity index (χ3n) is 2.67. The molecule has 1 N–H and O–H groups in total. The van der Waals surface area contributed by atoms with Gasteiger partial charge in [0.25, 0.3) is 0 Å². The van der Waals surface area contributed by atoms with Crippen LogP contribution >= 0.6 is 0 Å². The number of rotatable bonds is 3. The molecule has 0 aromatic carbocycles. The number of aryl methyl sites for hydroxylation is 1. The summed E-state index contributed by atoms with van der Waals surface area (Å²) in [6.45, 7) is 1.73. The van der Waals surface area contributed by atoms with Crippen molar-refractivity contribution in [2.45, 2.75) is 13.3 Å². The number of hydrogen-bond acceptors (Lipinski definition) is 4. The fourth-order valence-corrected chi connectivity index (χ4v) is 1.69. The highest BCUT2D eigenvalue weighted by Gasteiger charge is 2.13. The van der Waals surface area contributed by atoms with Crippen molar-refractivity contribution in [2.75, 3.05) is 0 Å².